The van der Waals surface area contributed by atoms with E-state index in [9.17, 15) is 9.18 Å². The van der Waals surface area contributed by atoms with Crippen LogP contribution in [0.15, 0.2) is 18.2 Å². The van der Waals surface area contributed by atoms with E-state index in [1.807, 2.05) is 6.92 Å². The highest BCUT2D eigenvalue weighted by atomic mass is 19.1. The van der Waals surface area contributed by atoms with E-state index in [2.05, 4.69) is 5.32 Å². The van der Waals surface area contributed by atoms with Gasteiger partial charge < -0.3 is 15.8 Å². The van der Waals surface area contributed by atoms with Crippen molar-refractivity contribution in [3.05, 3.63) is 29.6 Å². The van der Waals surface area contributed by atoms with Gasteiger partial charge in [-0.05, 0) is 50.8 Å². The molecular weight excluding hydrogens is 259 g/mol. The number of carbonyl (C=O) groups is 1. The lowest BCUT2D eigenvalue weighted by Gasteiger charge is -2.15. The average molecular weight is 280 g/mol. The molecule has 1 aromatic carbocycles. The summed E-state index contributed by atoms with van der Waals surface area (Å²) < 4.78 is 19.0. The maximum absolute atomic E-state index is 13.5. The topological polar surface area (TPSA) is 64.3 Å². The van der Waals surface area contributed by atoms with Gasteiger partial charge in [-0.1, -0.05) is 0 Å². The van der Waals surface area contributed by atoms with E-state index in [0.29, 0.717) is 12.2 Å². The third-order valence-electron chi connectivity index (χ3n) is 3.09. The molecule has 0 spiro atoms. The van der Waals surface area contributed by atoms with Gasteiger partial charge >= 0.3 is 0 Å². The second kappa shape index (κ2) is 6.22. The molecule has 5 heteroatoms. The molecule has 110 valence electrons. The molecule has 1 fully saturated rings. The summed E-state index contributed by atoms with van der Waals surface area (Å²) in [5.41, 5.74) is 6.48. The van der Waals surface area contributed by atoms with Crippen molar-refractivity contribution in [3.63, 3.8) is 0 Å². The molecule has 1 aliphatic carbocycles. The molecule has 1 saturated carbocycles. The van der Waals surface area contributed by atoms with Crippen molar-refractivity contribution >= 4 is 5.91 Å². The van der Waals surface area contributed by atoms with Crippen LogP contribution >= 0.6 is 0 Å². The summed E-state index contributed by atoms with van der Waals surface area (Å²) in [5, 5.41) is 2.86. The van der Waals surface area contributed by atoms with E-state index in [4.69, 9.17) is 10.5 Å². The molecular formula is C15H21FN2O2. The lowest BCUT2D eigenvalue weighted by molar-refractivity contribution is -0.127. The number of amides is 1. The van der Waals surface area contributed by atoms with Crippen molar-refractivity contribution in [2.45, 2.75) is 51.3 Å². The number of hydrogen-bond acceptors (Lipinski definition) is 3. The highest BCUT2D eigenvalue weighted by Crippen LogP contribution is 2.21. The Morgan fingerprint density at radius 3 is 2.75 bits per heavy atom. The lowest BCUT2D eigenvalue weighted by Crippen LogP contribution is -2.37. The molecule has 2 atom stereocenters. The summed E-state index contributed by atoms with van der Waals surface area (Å²) in [6.07, 6.45) is 1.98. The quantitative estimate of drug-likeness (QED) is 0.834. The number of halogens is 1. The molecule has 0 aromatic heterocycles. The molecule has 1 amide bonds. The van der Waals surface area contributed by atoms with Gasteiger partial charge in [0, 0.05) is 18.2 Å². The Balaban J connectivity index is 1.99. The van der Waals surface area contributed by atoms with E-state index < -0.39 is 6.10 Å². The van der Waals surface area contributed by atoms with Gasteiger partial charge in [0.25, 0.3) is 5.91 Å². The summed E-state index contributed by atoms with van der Waals surface area (Å²) in [6.45, 7) is 3.52. The van der Waals surface area contributed by atoms with Crippen molar-refractivity contribution in [2.24, 2.45) is 5.73 Å². The van der Waals surface area contributed by atoms with Gasteiger partial charge in [0.2, 0.25) is 0 Å². The molecule has 2 unspecified atom stereocenters. The number of nitrogens with one attached hydrogen (secondary N) is 1. The fourth-order valence-corrected chi connectivity index (χ4v) is 1.98. The lowest BCUT2D eigenvalue weighted by atomic mass is 10.1. The Labute approximate surface area is 118 Å². The molecule has 1 aromatic rings. The third-order valence-corrected chi connectivity index (χ3v) is 3.09. The van der Waals surface area contributed by atoms with Gasteiger partial charge in [-0.2, -0.15) is 0 Å². The maximum Gasteiger partial charge on any atom is 0.260 e. The summed E-state index contributed by atoms with van der Waals surface area (Å²) in [6, 6.07) is 4.68. The molecule has 1 aliphatic rings. The summed E-state index contributed by atoms with van der Waals surface area (Å²) >= 11 is 0. The van der Waals surface area contributed by atoms with Crippen LogP contribution in [0.3, 0.4) is 0 Å². The minimum absolute atomic E-state index is 0.0553. The number of rotatable bonds is 6. The second-order valence-electron chi connectivity index (χ2n) is 5.52. The van der Waals surface area contributed by atoms with Crippen LogP contribution in [-0.2, 0) is 11.2 Å². The molecule has 3 N–H and O–H groups in total. The fourth-order valence-electron chi connectivity index (χ4n) is 1.98. The predicted molar refractivity (Wildman–Crippen MR) is 75.0 cm³/mol. The average Bonchev–Trinajstić information content (AvgIpc) is 3.10. The van der Waals surface area contributed by atoms with Crippen LogP contribution < -0.4 is 15.8 Å². The zero-order valence-corrected chi connectivity index (χ0v) is 11.9. The van der Waals surface area contributed by atoms with Crippen molar-refractivity contribution in [1.82, 2.24) is 5.32 Å². The Morgan fingerprint density at radius 1 is 1.45 bits per heavy atom. The third kappa shape index (κ3) is 4.49. The minimum atomic E-state index is -0.638. The van der Waals surface area contributed by atoms with Crippen molar-refractivity contribution in [2.75, 3.05) is 0 Å². The van der Waals surface area contributed by atoms with Crippen LogP contribution in [0.2, 0.25) is 0 Å². The molecule has 0 bridgehead atoms. The molecule has 0 heterocycles. The standard InChI is InChI=1S/C15H21FN2O2/c1-9(17)5-11-6-12(16)8-14(7-11)20-10(2)15(19)18-13-3-4-13/h6-10,13H,3-5,17H2,1-2H3,(H,18,19). The zero-order chi connectivity index (χ0) is 14.7. The number of nitrogens with two attached hydrogens (primary N) is 1. The van der Waals surface area contributed by atoms with Crippen molar-refractivity contribution < 1.29 is 13.9 Å². The van der Waals surface area contributed by atoms with Crippen LogP contribution in [0.1, 0.15) is 32.3 Å². The van der Waals surface area contributed by atoms with E-state index in [-0.39, 0.29) is 23.8 Å². The highest BCUT2D eigenvalue weighted by Gasteiger charge is 2.26. The number of hydrogen-bond donors (Lipinski definition) is 2. The minimum Gasteiger partial charge on any atom is -0.481 e. The summed E-state index contributed by atoms with van der Waals surface area (Å²) in [4.78, 5) is 11.8. The zero-order valence-electron chi connectivity index (χ0n) is 11.9. The summed E-state index contributed by atoms with van der Waals surface area (Å²) in [7, 11) is 0. The Kier molecular flexibility index (Phi) is 4.60. The first-order valence-corrected chi connectivity index (χ1v) is 6.96. The van der Waals surface area contributed by atoms with Gasteiger partial charge in [-0.25, -0.2) is 4.39 Å². The van der Waals surface area contributed by atoms with Crippen molar-refractivity contribution in [3.8, 4) is 5.75 Å². The fraction of sp³-hybridized carbons (Fsp3) is 0.533. The molecule has 0 saturated heterocycles. The molecule has 4 nitrogen and oxygen atoms in total. The van der Waals surface area contributed by atoms with Crippen LogP contribution in [0, 0.1) is 5.82 Å². The van der Waals surface area contributed by atoms with Crippen LogP contribution in [0.4, 0.5) is 4.39 Å². The molecule has 0 radical (unpaired) electrons. The normalized spacial score (nSPS) is 17.4. The van der Waals surface area contributed by atoms with E-state index >= 15 is 0 Å². The molecule has 0 aliphatic heterocycles. The largest absolute Gasteiger partial charge is 0.481 e. The molecule has 20 heavy (non-hydrogen) atoms. The van der Waals surface area contributed by atoms with Gasteiger partial charge in [0.1, 0.15) is 11.6 Å². The second-order valence-corrected chi connectivity index (χ2v) is 5.52. The smallest absolute Gasteiger partial charge is 0.260 e. The first-order valence-electron chi connectivity index (χ1n) is 6.96. The van der Waals surface area contributed by atoms with E-state index in [1.54, 1.807) is 13.0 Å². The molecule has 2 rings (SSSR count). The first kappa shape index (κ1) is 14.8. The first-order chi connectivity index (χ1) is 9.44. The number of ether oxygens (including phenoxy) is 1. The highest BCUT2D eigenvalue weighted by molar-refractivity contribution is 5.81. The summed E-state index contributed by atoms with van der Waals surface area (Å²) in [5.74, 6) is -0.183. The van der Waals surface area contributed by atoms with Gasteiger partial charge in [-0.15, -0.1) is 0 Å². The van der Waals surface area contributed by atoms with Crippen LogP contribution in [0.5, 0.6) is 5.75 Å². The Bertz CT molecular complexity index is 487. The van der Waals surface area contributed by atoms with E-state index in [1.165, 1.54) is 12.1 Å². The van der Waals surface area contributed by atoms with Crippen LogP contribution in [0.25, 0.3) is 0 Å². The maximum atomic E-state index is 13.5. The number of carbonyl (C=O) groups excluding carboxylic acids is 1. The van der Waals surface area contributed by atoms with Gasteiger partial charge in [-0.3, -0.25) is 4.79 Å². The van der Waals surface area contributed by atoms with Gasteiger partial charge in [0.05, 0.1) is 0 Å². The Morgan fingerprint density at radius 2 is 2.15 bits per heavy atom. The monoisotopic (exact) mass is 280 g/mol. The number of benzene rings is 1. The van der Waals surface area contributed by atoms with Gasteiger partial charge in [0.15, 0.2) is 6.10 Å². The predicted octanol–water partition coefficient (Wildman–Crippen LogP) is 1.76. The van der Waals surface area contributed by atoms with Crippen LogP contribution in [-0.4, -0.2) is 24.1 Å². The SMILES string of the molecule is CC(N)Cc1cc(F)cc(OC(C)C(=O)NC2CC2)c1. The van der Waals surface area contributed by atoms with Crippen molar-refractivity contribution in [1.29, 1.82) is 0 Å². The van der Waals surface area contributed by atoms with E-state index in [0.717, 1.165) is 18.4 Å². The Hall–Kier alpha value is -1.62.